The van der Waals surface area contributed by atoms with Gasteiger partial charge in [-0.25, -0.2) is 0 Å². The molecule has 1 N–H and O–H groups in total. The van der Waals surface area contributed by atoms with E-state index in [1.165, 1.54) is 11.8 Å². The zero-order valence-corrected chi connectivity index (χ0v) is 14.9. The van der Waals surface area contributed by atoms with Crippen LogP contribution in [0.25, 0.3) is 0 Å². The number of aliphatic hydroxyl groups excluding tert-OH is 1. The van der Waals surface area contributed by atoms with Gasteiger partial charge in [-0.3, -0.25) is 14.5 Å². The molecule has 1 atom stereocenters. The standard InChI is InChI=1S/C19H16BrNO3/c1-11-6-8-15(9-7-11)21-17(13-4-3-5-14(20)10-13)16(12(2)22)18(23)19(21)24/h3-10,17,23H,1-2H3. The van der Waals surface area contributed by atoms with Gasteiger partial charge >= 0.3 is 0 Å². The predicted octanol–water partition coefficient (Wildman–Crippen LogP) is 4.25. The number of nitrogens with zero attached hydrogens (tertiary/aromatic N) is 1. The first kappa shape index (κ1) is 16.5. The number of hydrogen-bond acceptors (Lipinski definition) is 3. The maximum atomic E-state index is 12.6. The Morgan fingerprint density at radius 1 is 1.17 bits per heavy atom. The van der Waals surface area contributed by atoms with E-state index < -0.39 is 17.7 Å². The van der Waals surface area contributed by atoms with Crippen molar-refractivity contribution in [1.82, 2.24) is 0 Å². The number of carbonyl (C=O) groups is 2. The predicted molar refractivity (Wildman–Crippen MR) is 95.9 cm³/mol. The Balaban J connectivity index is 2.18. The lowest BCUT2D eigenvalue weighted by atomic mass is 9.96. The van der Waals surface area contributed by atoms with E-state index >= 15 is 0 Å². The summed E-state index contributed by atoms with van der Waals surface area (Å²) in [5, 5.41) is 10.3. The Labute approximate surface area is 148 Å². The van der Waals surface area contributed by atoms with E-state index in [0.717, 1.165) is 15.6 Å². The molecule has 0 radical (unpaired) electrons. The van der Waals surface area contributed by atoms with Gasteiger partial charge in [0.05, 0.1) is 11.6 Å². The van der Waals surface area contributed by atoms with Crippen LogP contribution in [0, 0.1) is 6.92 Å². The Bertz CT molecular complexity index is 855. The third kappa shape index (κ3) is 2.76. The number of anilines is 1. The molecule has 0 saturated carbocycles. The van der Waals surface area contributed by atoms with E-state index in [1.54, 1.807) is 0 Å². The topological polar surface area (TPSA) is 57.6 Å². The summed E-state index contributed by atoms with van der Waals surface area (Å²) in [6.07, 6.45) is 0. The van der Waals surface area contributed by atoms with Crippen LogP contribution in [0.4, 0.5) is 5.69 Å². The average molecular weight is 386 g/mol. The number of ketones is 1. The first-order valence-electron chi connectivity index (χ1n) is 7.50. The minimum atomic E-state index is -0.643. The Morgan fingerprint density at radius 2 is 1.83 bits per heavy atom. The largest absolute Gasteiger partial charge is 0.503 e. The molecule has 1 aliphatic rings. The summed E-state index contributed by atoms with van der Waals surface area (Å²) in [5.41, 5.74) is 2.58. The van der Waals surface area contributed by atoms with Crippen molar-refractivity contribution in [1.29, 1.82) is 0 Å². The van der Waals surface area contributed by atoms with Crippen molar-refractivity contribution in [3.05, 3.63) is 75.5 Å². The van der Waals surface area contributed by atoms with E-state index in [9.17, 15) is 14.7 Å². The summed E-state index contributed by atoms with van der Waals surface area (Å²) in [6, 6.07) is 14.2. The minimum Gasteiger partial charge on any atom is -0.503 e. The van der Waals surface area contributed by atoms with Gasteiger partial charge in [0.25, 0.3) is 5.91 Å². The third-order valence-electron chi connectivity index (χ3n) is 4.06. The lowest BCUT2D eigenvalue weighted by molar-refractivity contribution is -0.117. The summed E-state index contributed by atoms with van der Waals surface area (Å²) in [5.74, 6) is -1.36. The van der Waals surface area contributed by atoms with Gasteiger partial charge in [-0.1, -0.05) is 45.8 Å². The van der Waals surface area contributed by atoms with E-state index in [2.05, 4.69) is 15.9 Å². The first-order chi connectivity index (χ1) is 11.4. The van der Waals surface area contributed by atoms with Crippen molar-refractivity contribution in [2.75, 3.05) is 4.90 Å². The highest BCUT2D eigenvalue weighted by atomic mass is 79.9. The number of benzene rings is 2. The minimum absolute atomic E-state index is 0.124. The highest BCUT2D eigenvalue weighted by Gasteiger charge is 2.43. The number of aliphatic hydroxyl groups is 1. The fourth-order valence-corrected chi connectivity index (χ4v) is 3.35. The molecule has 1 aliphatic heterocycles. The van der Waals surface area contributed by atoms with Gasteiger partial charge in [-0.2, -0.15) is 0 Å². The van der Waals surface area contributed by atoms with E-state index in [-0.39, 0.29) is 11.4 Å². The van der Waals surface area contributed by atoms with Gasteiger partial charge in [-0.15, -0.1) is 0 Å². The molecule has 1 amide bonds. The second kappa shape index (κ2) is 6.24. The van der Waals surface area contributed by atoms with Crippen LogP contribution in [0.1, 0.15) is 24.1 Å². The van der Waals surface area contributed by atoms with Gasteiger partial charge in [0.1, 0.15) is 0 Å². The van der Waals surface area contributed by atoms with Crippen LogP contribution >= 0.6 is 15.9 Å². The molecule has 1 unspecified atom stereocenters. The highest BCUT2D eigenvalue weighted by Crippen LogP contribution is 2.41. The zero-order chi connectivity index (χ0) is 17.4. The average Bonchev–Trinajstić information content (AvgIpc) is 2.80. The van der Waals surface area contributed by atoms with Crippen molar-refractivity contribution in [2.45, 2.75) is 19.9 Å². The van der Waals surface area contributed by atoms with E-state index in [0.29, 0.717) is 5.69 Å². The molecular formula is C19H16BrNO3. The molecule has 2 aromatic carbocycles. The number of Topliss-reactive ketones (excluding diaryl/α,β-unsaturated/α-hetero) is 1. The molecule has 0 aromatic heterocycles. The van der Waals surface area contributed by atoms with Gasteiger partial charge in [0.2, 0.25) is 0 Å². The van der Waals surface area contributed by atoms with Crippen molar-refractivity contribution in [3.8, 4) is 0 Å². The zero-order valence-electron chi connectivity index (χ0n) is 13.3. The van der Waals surface area contributed by atoms with Gasteiger partial charge in [-0.05, 0) is 43.7 Å². The molecular weight excluding hydrogens is 370 g/mol. The lowest BCUT2D eigenvalue weighted by Gasteiger charge is -2.27. The molecule has 24 heavy (non-hydrogen) atoms. The molecule has 122 valence electrons. The number of carbonyl (C=O) groups excluding carboxylic acids is 2. The monoisotopic (exact) mass is 385 g/mol. The summed E-state index contributed by atoms with van der Waals surface area (Å²) >= 11 is 3.42. The van der Waals surface area contributed by atoms with Gasteiger partial charge < -0.3 is 5.11 Å². The number of amides is 1. The van der Waals surface area contributed by atoms with Crippen LogP contribution in [-0.2, 0) is 9.59 Å². The Kier molecular flexibility index (Phi) is 4.28. The smallest absolute Gasteiger partial charge is 0.294 e. The Hall–Kier alpha value is -2.40. The summed E-state index contributed by atoms with van der Waals surface area (Å²) in [7, 11) is 0. The normalized spacial score (nSPS) is 17.5. The molecule has 2 aromatic rings. The number of rotatable bonds is 3. The number of aryl methyl sites for hydroxylation is 1. The fraction of sp³-hybridized carbons (Fsp3) is 0.158. The molecule has 0 fully saturated rings. The van der Waals surface area contributed by atoms with Crippen LogP contribution in [0.5, 0.6) is 0 Å². The van der Waals surface area contributed by atoms with E-state index in [4.69, 9.17) is 0 Å². The number of hydrogen-bond donors (Lipinski definition) is 1. The highest BCUT2D eigenvalue weighted by molar-refractivity contribution is 9.10. The molecule has 0 bridgehead atoms. The molecule has 5 heteroatoms. The van der Waals surface area contributed by atoms with Crippen molar-refractivity contribution in [3.63, 3.8) is 0 Å². The summed E-state index contributed by atoms with van der Waals surface area (Å²) in [6.45, 7) is 3.32. The van der Waals surface area contributed by atoms with Crippen LogP contribution in [0.2, 0.25) is 0 Å². The quantitative estimate of drug-likeness (QED) is 0.858. The molecule has 1 heterocycles. The summed E-state index contributed by atoms with van der Waals surface area (Å²) < 4.78 is 0.839. The first-order valence-corrected chi connectivity index (χ1v) is 8.29. The van der Waals surface area contributed by atoms with Gasteiger partial charge in [0, 0.05) is 10.2 Å². The van der Waals surface area contributed by atoms with Crippen LogP contribution in [-0.4, -0.2) is 16.8 Å². The van der Waals surface area contributed by atoms with E-state index in [1.807, 2.05) is 55.5 Å². The second-order valence-corrected chi connectivity index (χ2v) is 6.70. The molecule has 0 aliphatic carbocycles. The van der Waals surface area contributed by atoms with Crippen LogP contribution in [0.3, 0.4) is 0 Å². The molecule has 0 saturated heterocycles. The summed E-state index contributed by atoms with van der Waals surface area (Å²) in [4.78, 5) is 26.2. The lowest BCUT2D eigenvalue weighted by Crippen LogP contribution is -2.30. The maximum absolute atomic E-state index is 12.6. The van der Waals surface area contributed by atoms with Crippen molar-refractivity contribution < 1.29 is 14.7 Å². The molecule has 0 spiro atoms. The molecule has 4 nitrogen and oxygen atoms in total. The Morgan fingerprint density at radius 3 is 2.42 bits per heavy atom. The van der Waals surface area contributed by atoms with Crippen molar-refractivity contribution in [2.24, 2.45) is 0 Å². The fourth-order valence-electron chi connectivity index (χ4n) is 2.93. The maximum Gasteiger partial charge on any atom is 0.294 e. The van der Waals surface area contributed by atoms with Crippen LogP contribution in [0.15, 0.2) is 64.3 Å². The van der Waals surface area contributed by atoms with Crippen molar-refractivity contribution >= 4 is 33.3 Å². The third-order valence-corrected chi connectivity index (χ3v) is 4.56. The van der Waals surface area contributed by atoms with Crippen LogP contribution < -0.4 is 4.90 Å². The number of halogens is 1. The molecule has 3 rings (SSSR count). The SMILES string of the molecule is CC(=O)C1=C(O)C(=O)N(c2ccc(C)cc2)C1c1cccc(Br)c1. The van der Waals surface area contributed by atoms with Gasteiger partial charge in [0.15, 0.2) is 11.5 Å². The second-order valence-electron chi connectivity index (χ2n) is 5.79.